The zero-order valence-corrected chi connectivity index (χ0v) is 30.9. The van der Waals surface area contributed by atoms with Crippen molar-refractivity contribution in [3.05, 3.63) is 138 Å². The number of nitrogens with one attached hydrogen (secondary N) is 1. The molecule has 1 saturated carbocycles. The number of hydrogen-bond acceptors (Lipinski definition) is 3. The first-order chi connectivity index (χ1) is 24.1. The van der Waals surface area contributed by atoms with Gasteiger partial charge in [0.1, 0.15) is 5.82 Å². The van der Waals surface area contributed by atoms with Gasteiger partial charge in [-0.1, -0.05) is 147 Å². The van der Waals surface area contributed by atoms with Crippen molar-refractivity contribution >= 4 is 19.4 Å². The van der Waals surface area contributed by atoms with Crippen molar-refractivity contribution in [2.24, 2.45) is 14.1 Å². The van der Waals surface area contributed by atoms with Gasteiger partial charge in [-0.25, -0.2) is 9.97 Å². The van der Waals surface area contributed by atoms with Crippen LogP contribution in [0.5, 0.6) is 0 Å². The number of benzene rings is 4. The van der Waals surface area contributed by atoms with E-state index in [9.17, 15) is 0 Å². The number of hydrogen-bond donors (Lipinski definition) is 1. The van der Waals surface area contributed by atoms with Crippen molar-refractivity contribution in [1.29, 1.82) is 0 Å². The molecule has 0 saturated heterocycles. The second-order valence-electron chi connectivity index (χ2n) is 12.3. The fourth-order valence-electron chi connectivity index (χ4n) is 6.83. The minimum absolute atomic E-state index is 0.226. The summed E-state index contributed by atoms with van der Waals surface area (Å²) in [7, 11) is 13.9. The van der Waals surface area contributed by atoms with Gasteiger partial charge in [0.2, 0.25) is 0 Å². The summed E-state index contributed by atoms with van der Waals surface area (Å²) in [6.07, 6.45) is 4.62. The van der Waals surface area contributed by atoms with Crippen LogP contribution in [0.3, 0.4) is 0 Å². The van der Waals surface area contributed by atoms with E-state index in [2.05, 4.69) is 150 Å². The average molecular weight is 780 g/mol. The molecule has 0 aliphatic heterocycles. The van der Waals surface area contributed by atoms with Crippen molar-refractivity contribution < 1.29 is 15.1 Å². The molecular weight excluding hydrogens is 738 g/mol. The molecule has 49 heavy (non-hydrogen) atoms. The van der Waals surface area contributed by atoms with E-state index in [0.29, 0.717) is 19.1 Å². The second-order valence-corrected chi connectivity index (χ2v) is 14.7. The topological polar surface area (TPSA) is 61.8 Å². The number of aromatic nitrogens is 4. The molecule has 0 spiro atoms. The summed E-state index contributed by atoms with van der Waals surface area (Å²) in [5.74, 6) is 2.03. The Morgan fingerprint density at radius 2 is 1.04 bits per heavy atom. The molecule has 2 atom stereocenters. The van der Waals surface area contributed by atoms with Gasteiger partial charge in [0.25, 0.3) is 0 Å². The monoisotopic (exact) mass is 778 g/mol. The Labute approximate surface area is 305 Å². The zero-order chi connectivity index (χ0) is 34.0. The van der Waals surface area contributed by atoms with Crippen LogP contribution in [0, 0.1) is 0 Å². The SMILES string of the molecule is Cn1c(C[N-][C@@H]2CCCC[C@H]2NCc2nc(-c3ccccc3)c(-c3ccccc3)n2C)nc(-c2ccccc2)c1-c1ccccc1.[Cl][Rh+][Cl]. The first-order valence-electron chi connectivity index (χ1n) is 16.7. The molecule has 254 valence electrons. The Kier molecular flexibility index (Phi) is 12.5. The van der Waals surface area contributed by atoms with Crippen LogP contribution in [-0.4, -0.2) is 31.2 Å². The van der Waals surface area contributed by atoms with Crippen LogP contribution >= 0.6 is 19.4 Å². The minimum atomic E-state index is -0.226. The Hall–Kier alpha value is -3.58. The first-order valence-corrected chi connectivity index (χ1v) is 20.9. The van der Waals surface area contributed by atoms with E-state index in [0.717, 1.165) is 58.4 Å². The molecule has 2 heterocycles. The summed E-state index contributed by atoms with van der Waals surface area (Å²) in [6, 6.07) is 42.7. The van der Waals surface area contributed by atoms with Gasteiger partial charge in [0, 0.05) is 36.3 Å². The molecule has 6 nitrogen and oxygen atoms in total. The van der Waals surface area contributed by atoms with E-state index in [4.69, 9.17) is 34.7 Å². The van der Waals surface area contributed by atoms with Gasteiger partial charge in [-0.05, 0) is 12.5 Å². The molecule has 0 radical (unpaired) electrons. The average Bonchev–Trinajstić information content (AvgIpc) is 3.67. The van der Waals surface area contributed by atoms with Crippen molar-refractivity contribution in [3.63, 3.8) is 0 Å². The molecule has 0 bridgehead atoms. The third kappa shape index (κ3) is 8.42. The quantitative estimate of drug-likeness (QED) is 0.141. The van der Waals surface area contributed by atoms with Crippen LogP contribution < -0.4 is 5.32 Å². The van der Waals surface area contributed by atoms with E-state index < -0.39 is 0 Å². The van der Waals surface area contributed by atoms with Crippen LogP contribution in [-0.2, 0) is 42.3 Å². The van der Waals surface area contributed by atoms with E-state index in [1.165, 1.54) is 24.0 Å². The van der Waals surface area contributed by atoms with Crippen LogP contribution in [0.2, 0.25) is 0 Å². The van der Waals surface area contributed by atoms with Crippen molar-refractivity contribution in [1.82, 2.24) is 24.4 Å². The maximum atomic E-state index is 5.32. The third-order valence-corrected chi connectivity index (χ3v) is 9.28. The molecule has 1 fully saturated rings. The van der Waals surface area contributed by atoms with E-state index in [-0.39, 0.29) is 21.2 Å². The first kappa shape index (κ1) is 35.3. The number of rotatable bonds is 10. The predicted molar refractivity (Wildman–Crippen MR) is 200 cm³/mol. The molecule has 1 aliphatic carbocycles. The van der Waals surface area contributed by atoms with Crippen molar-refractivity contribution in [2.75, 3.05) is 0 Å². The summed E-state index contributed by atoms with van der Waals surface area (Å²) < 4.78 is 4.49. The zero-order valence-electron chi connectivity index (χ0n) is 27.8. The summed E-state index contributed by atoms with van der Waals surface area (Å²) in [5.41, 5.74) is 8.91. The molecule has 2 aromatic heterocycles. The van der Waals surface area contributed by atoms with Crippen LogP contribution in [0.15, 0.2) is 121 Å². The predicted octanol–water partition coefficient (Wildman–Crippen LogP) is 10.2. The van der Waals surface area contributed by atoms with Gasteiger partial charge in [0.05, 0.1) is 35.1 Å². The van der Waals surface area contributed by atoms with Gasteiger partial charge in [-0.2, -0.15) is 0 Å². The molecule has 1 N–H and O–H groups in total. The Balaban J connectivity index is 0.00000134. The summed E-state index contributed by atoms with van der Waals surface area (Å²) in [6.45, 7) is 1.28. The third-order valence-electron chi connectivity index (χ3n) is 9.28. The maximum absolute atomic E-state index is 5.32. The van der Waals surface area contributed by atoms with Gasteiger partial charge in [-0.3, -0.25) is 0 Å². The molecular formula is C40H41Cl2N6Rh. The fraction of sp³-hybridized carbons (Fsp3) is 0.250. The van der Waals surface area contributed by atoms with Crippen molar-refractivity contribution in [3.8, 4) is 45.0 Å². The second kappa shape index (κ2) is 17.4. The van der Waals surface area contributed by atoms with Crippen LogP contribution in [0.4, 0.5) is 0 Å². The molecule has 0 unspecified atom stereocenters. The van der Waals surface area contributed by atoms with Gasteiger partial charge >= 0.3 is 34.5 Å². The molecule has 1 aliphatic rings. The number of nitrogens with zero attached hydrogens (tertiary/aromatic N) is 5. The van der Waals surface area contributed by atoms with Gasteiger partial charge < -0.3 is 19.8 Å². The fourth-order valence-corrected chi connectivity index (χ4v) is 6.83. The summed E-state index contributed by atoms with van der Waals surface area (Å²) >= 11 is -0.226. The standard InChI is InChI=1S/C40H41N6.2ClH.Rh/c1-45-35(43-37(29-17-7-3-8-18-29)39(45)31-21-11-5-12-22-31)27-41-33-25-15-16-26-34(33)42-28-36-44-38(30-19-9-4-10-20-30)40(46(36)2)32-23-13-6-14-24-32;;;/h3-14,17-24,33-34,41H,15-16,25-28H2,1-2H3;2*1H;/q-1;;;+3/p-2/t33-,34-;;;/m1.../s1. The number of imidazole rings is 2. The van der Waals surface area contributed by atoms with E-state index in [1.54, 1.807) is 0 Å². The Morgan fingerprint density at radius 3 is 1.53 bits per heavy atom. The normalized spacial score (nSPS) is 15.9. The molecule has 4 aromatic carbocycles. The van der Waals surface area contributed by atoms with Crippen LogP contribution in [0.1, 0.15) is 37.3 Å². The molecule has 7 rings (SSSR count). The Bertz CT molecular complexity index is 1760. The molecule has 0 amide bonds. The van der Waals surface area contributed by atoms with Gasteiger partial charge in [-0.15, -0.1) is 6.04 Å². The Morgan fingerprint density at radius 1 is 0.633 bits per heavy atom. The summed E-state index contributed by atoms with van der Waals surface area (Å²) in [5, 5.41) is 9.20. The van der Waals surface area contributed by atoms with E-state index in [1.807, 2.05) is 0 Å². The van der Waals surface area contributed by atoms with Crippen LogP contribution in [0.25, 0.3) is 50.3 Å². The molecule has 6 aromatic rings. The van der Waals surface area contributed by atoms with E-state index >= 15 is 0 Å². The van der Waals surface area contributed by atoms with Gasteiger partial charge in [0.15, 0.2) is 0 Å². The number of halogens is 2. The molecule has 9 heteroatoms. The van der Waals surface area contributed by atoms with Crippen molar-refractivity contribution in [2.45, 2.75) is 50.9 Å². The summed E-state index contributed by atoms with van der Waals surface area (Å²) in [4.78, 5) is 10.4.